The van der Waals surface area contributed by atoms with Gasteiger partial charge in [0, 0.05) is 22.5 Å². The zero-order chi connectivity index (χ0) is 13.0. The van der Waals surface area contributed by atoms with Gasteiger partial charge in [-0.2, -0.15) is 0 Å². The highest BCUT2D eigenvalue weighted by molar-refractivity contribution is 9.10. The van der Waals surface area contributed by atoms with Crippen molar-refractivity contribution in [1.82, 2.24) is 5.32 Å². The first-order valence-electron chi connectivity index (χ1n) is 6.61. The number of hydrogen-bond donors (Lipinski definition) is 1. The molecule has 2 rings (SSSR count). The Balaban J connectivity index is 1.69. The molecule has 0 amide bonds. The molecule has 0 atom stereocenters. The molecule has 18 heavy (non-hydrogen) atoms. The third-order valence-corrected chi connectivity index (χ3v) is 3.59. The average Bonchev–Trinajstić information content (AvgIpc) is 3.10. The average molecular weight is 312 g/mol. The van der Waals surface area contributed by atoms with Crippen LogP contribution in [0, 0.1) is 5.41 Å². The molecule has 1 fully saturated rings. The van der Waals surface area contributed by atoms with Gasteiger partial charge in [-0.1, -0.05) is 41.9 Å². The Morgan fingerprint density at radius 3 is 2.83 bits per heavy atom. The molecule has 0 spiro atoms. The van der Waals surface area contributed by atoms with E-state index in [1.807, 2.05) is 12.1 Å². The van der Waals surface area contributed by atoms with Gasteiger partial charge in [0.1, 0.15) is 0 Å². The van der Waals surface area contributed by atoms with Gasteiger partial charge in [-0.05, 0) is 30.5 Å². The van der Waals surface area contributed by atoms with Crippen LogP contribution in [0.2, 0.25) is 0 Å². The van der Waals surface area contributed by atoms with Crippen molar-refractivity contribution in [3.05, 3.63) is 34.3 Å². The van der Waals surface area contributed by atoms with Gasteiger partial charge < -0.3 is 10.1 Å². The van der Waals surface area contributed by atoms with Gasteiger partial charge in [0.2, 0.25) is 0 Å². The van der Waals surface area contributed by atoms with Gasteiger partial charge in [-0.25, -0.2) is 0 Å². The summed E-state index contributed by atoms with van der Waals surface area (Å²) < 4.78 is 6.94. The van der Waals surface area contributed by atoms with Crippen LogP contribution in [0.4, 0.5) is 0 Å². The van der Waals surface area contributed by atoms with Gasteiger partial charge in [-0.3, -0.25) is 0 Å². The largest absolute Gasteiger partial charge is 0.376 e. The smallest absolute Gasteiger partial charge is 0.0717 e. The minimum absolute atomic E-state index is 0.203. The summed E-state index contributed by atoms with van der Waals surface area (Å²) in [6, 6.07) is 9.06. The molecule has 0 radical (unpaired) electrons. The van der Waals surface area contributed by atoms with Crippen LogP contribution in [0.1, 0.15) is 32.3 Å². The maximum absolute atomic E-state index is 5.83. The van der Waals surface area contributed by atoms with Crippen LogP contribution in [0.5, 0.6) is 0 Å². The minimum atomic E-state index is 0.203. The monoisotopic (exact) mass is 311 g/mol. The summed E-state index contributed by atoms with van der Waals surface area (Å²) in [6.07, 6.45) is 2.68. The maximum atomic E-state index is 5.83. The standard InChI is InChI=1S/C15H22BrNO/c1-15(2,10-17-14-6-7-14)11-18-9-12-4-3-5-13(16)8-12/h3-5,8,14,17H,6-7,9-11H2,1-2H3. The molecule has 1 aromatic carbocycles. The van der Waals surface area contributed by atoms with E-state index in [2.05, 4.69) is 47.2 Å². The van der Waals surface area contributed by atoms with Crippen LogP contribution in [0.25, 0.3) is 0 Å². The first kappa shape index (κ1) is 14.0. The summed E-state index contributed by atoms with van der Waals surface area (Å²) in [5, 5.41) is 3.57. The fourth-order valence-corrected chi connectivity index (χ4v) is 2.28. The van der Waals surface area contributed by atoms with Crippen LogP contribution in [-0.4, -0.2) is 19.2 Å². The summed E-state index contributed by atoms with van der Waals surface area (Å²) >= 11 is 3.48. The Bertz CT molecular complexity index is 388. The van der Waals surface area contributed by atoms with Gasteiger partial charge in [0.15, 0.2) is 0 Å². The molecule has 0 unspecified atom stereocenters. The van der Waals surface area contributed by atoms with E-state index >= 15 is 0 Å². The third kappa shape index (κ3) is 5.09. The predicted octanol–water partition coefficient (Wildman–Crippen LogP) is 3.74. The van der Waals surface area contributed by atoms with E-state index in [1.54, 1.807) is 0 Å². The second kappa shape index (κ2) is 6.18. The fourth-order valence-electron chi connectivity index (χ4n) is 1.83. The van der Waals surface area contributed by atoms with Crippen molar-refractivity contribution in [3.63, 3.8) is 0 Å². The topological polar surface area (TPSA) is 21.3 Å². The lowest BCUT2D eigenvalue weighted by atomic mass is 9.95. The maximum Gasteiger partial charge on any atom is 0.0717 e. The number of rotatable bonds is 7. The summed E-state index contributed by atoms with van der Waals surface area (Å²) in [6.45, 7) is 7.02. The van der Waals surface area contributed by atoms with Crippen LogP contribution in [0.3, 0.4) is 0 Å². The molecule has 0 bridgehead atoms. The second-order valence-electron chi connectivity index (χ2n) is 5.94. The number of halogens is 1. The number of nitrogens with one attached hydrogen (secondary N) is 1. The Labute approximate surface area is 118 Å². The molecule has 0 heterocycles. The zero-order valence-electron chi connectivity index (χ0n) is 11.2. The van der Waals surface area contributed by atoms with E-state index in [9.17, 15) is 0 Å². The first-order chi connectivity index (χ1) is 8.55. The molecular formula is C15H22BrNO. The van der Waals surface area contributed by atoms with E-state index in [1.165, 1.54) is 18.4 Å². The molecule has 1 aromatic rings. The Morgan fingerprint density at radius 1 is 1.39 bits per heavy atom. The lowest BCUT2D eigenvalue weighted by Crippen LogP contribution is -2.34. The van der Waals surface area contributed by atoms with Crippen molar-refractivity contribution in [2.75, 3.05) is 13.2 Å². The number of hydrogen-bond acceptors (Lipinski definition) is 2. The summed E-state index contributed by atoms with van der Waals surface area (Å²) in [7, 11) is 0. The van der Waals surface area contributed by atoms with Crippen molar-refractivity contribution in [1.29, 1.82) is 0 Å². The first-order valence-corrected chi connectivity index (χ1v) is 7.40. The van der Waals surface area contributed by atoms with Crippen LogP contribution in [0.15, 0.2) is 28.7 Å². The van der Waals surface area contributed by atoms with Crippen LogP contribution >= 0.6 is 15.9 Å². The summed E-state index contributed by atoms with van der Waals surface area (Å²) in [5.74, 6) is 0. The quantitative estimate of drug-likeness (QED) is 0.828. The SMILES string of the molecule is CC(C)(CNC1CC1)COCc1cccc(Br)c1. The Morgan fingerprint density at radius 2 is 2.17 bits per heavy atom. The molecule has 0 saturated heterocycles. The molecule has 3 heteroatoms. The van der Waals surface area contributed by atoms with Crippen LogP contribution < -0.4 is 5.32 Å². The molecule has 0 aromatic heterocycles. The van der Waals surface area contributed by atoms with Gasteiger partial charge in [-0.15, -0.1) is 0 Å². The second-order valence-corrected chi connectivity index (χ2v) is 6.86. The number of benzene rings is 1. The molecule has 0 aliphatic heterocycles. The van der Waals surface area contributed by atoms with Crippen molar-refractivity contribution >= 4 is 15.9 Å². The van der Waals surface area contributed by atoms with Crippen LogP contribution in [-0.2, 0) is 11.3 Å². The van der Waals surface area contributed by atoms with Crippen molar-refractivity contribution in [2.24, 2.45) is 5.41 Å². The molecule has 1 aliphatic carbocycles. The minimum Gasteiger partial charge on any atom is -0.376 e. The summed E-state index contributed by atoms with van der Waals surface area (Å²) in [5.41, 5.74) is 1.42. The highest BCUT2D eigenvalue weighted by atomic mass is 79.9. The molecular weight excluding hydrogens is 290 g/mol. The van der Waals surface area contributed by atoms with Gasteiger partial charge >= 0.3 is 0 Å². The Hall–Kier alpha value is -0.380. The fraction of sp³-hybridized carbons (Fsp3) is 0.600. The lowest BCUT2D eigenvalue weighted by molar-refractivity contribution is 0.0511. The van der Waals surface area contributed by atoms with E-state index in [0.717, 1.165) is 23.7 Å². The highest BCUT2D eigenvalue weighted by Crippen LogP contribution is 2.22. The number of ether oxygens (including phenoxy) is 1. The third-order valence-electron chi connectivity index (χ3n) is 3.10. The van der Waals surface area contributed by atoms with Crippen molar-refractivity contribution < 1.29 is 4.74 Å². The van der Waals surface area contributed by atoms with E-state index in [4.69, 9.17) is 4.74 Å². The molecule has 2 nitrogen and oxygen atoms in total. The zero-order valence-corrected chi connectivity index (χ0v) is 12.8. The molecule has 1 N–H and O–H groups in total. The molecule has 100 valence electrons. The normalized spacial score (nSPS) is 15.9. The predicted molar refractivity (Wildman–Crippen MR) is 78.6 cm³/mol. The van der Waals surface area contributed by atoms with Gasteiger partial charge in [0.25, 0.3) is 0 Å². The van der Waals surface area contributed by atoms with Gasteiger partial charge in [0.05, 0.1) is 13.2 Å². The Kier molecular flexibility index (Phi) is 4.82. The van der Waals surface area contributed by atoms with Crippen molar-refractivity contribution in [2.45, 2.75) is 39.3 Å². The molecule has 1 saturated carbocycles. The summed E-state index contributed by atoms with van der Waals surface area (Å²) in [4.78, 5) is 0. The molecule has 1 aliphatic rings. The highest BCUT2D eigenvalue weighted by Gasteiger charge is 2.25. The van der Waals surface area contributed by atoms with E-state index < -0.39 is 0 Å². The van der Waals surface area contributed by atoms with E-state index in [-0.39, 0.29) is 5.41 Å². The van der Waals surface area contributed by atoms with Crippen molar-refractivity contribution in [3.8, 4) is 0 Å². The lowest BCUT2D eigenvalue weighted by Gasteiger charge is -2.25. The van der Waals surface area contributed by atoms with E-state index in [0.29, 0.717) is 6.61 Å².